The van der Waals surface area contributed by atoms with Gasteiger partial charge in [-0.2, -0.15) is 4.98 Å². The Morgan fingerprint density at radius 1 is 1.22 bits per heavy atom. The SMILES string of the molecule is CC(NC1CC(c2ccc(F)cc2)C1)c1nc(C(C)(C)C)no1. The van der Waals surface area contributed by atoms with Crippen molar-refractivity contribution < 1.29 is 8.91 Å². The first kappa shape index (κ1) is 16.1. The second kappa shape index (κ2) is 6.04. The van der Waals surface area contributed by atoms with Crippen molar-refractivity contribution in [1.82, 2.24) is 15.5 Å². The number of hydrogen-bond donors (Lipinski definition) is 1. The topological polar surface area (TPSA) is 51.0 Å². The van der Waals surface area contributed by atoms with E-state index in [1.807, 2.05) is 19.1 Å². The molecule has 1 saturated carbocycles. The lowest BCUT2D eigenvalue weighted by Gasteiger charge is -2.37. The van der Waals surface area contributed by atoms with Gasteiger partial charge in [0.25, 0.3) is 0 Å². The second-order valence-corrected chi connectivity index (χ2v) is 7.51. The Labute approximate surface area is 136 Å². The predicted molar refractivity (Wildman–Crippen MR) is 86.7 cm³/mol. The number of rotatable bonds is 4. The Balaban J connectivity index is 1.53. The molecule has 4 nitrogen and oxygen atoms in total. The molecule has 0 saturated heterocycles. The Morgan fingerprint density at radius 2 is 1.87 bits per heavy atom. The van der Waals surface area contributed by atoms with Gasteiger partial charge in [0.1, 0.15) is 5.82 Å². The van der Waals surface area contributed by atoms with E-state index in [1.165, 1.54) is 17.7 Å². The third-order valence-electron chi connectivity index (χ3n) is 4.45. The molecule has 1 aromatic heterocycles. The Morgan fingerprint density at radius 3 is 2.43 bits per heavy atom. The van der Waals surface area contributed by atoms with E-state index in [0.717, 1.165) is 18.7 Å². The van der Waals surface area contributed by atoms with Gasteiger partial charge in [0, 0.05) is 11.5 Å². The molecule has 3 rings (SSSR count). The average Bonchev–Trinajstić information content (AvgIpc) is 2.93. The van der Waals surface area contributed by atoms with Gasteiger partial charge in [-0.1, -0.05) is 38.1 Å². The minimum absolute atomic E-state index is 0.0396. The molecule has 1 aliphatic carbocycles. The smallest absolute Gasteiger partial charge is 0.243 e. The fourth-order valence-corrected chi connectivity index (χ4v) is 2.90. The van der Waals surface area contributed by atoms with Crippen molar-refractivity contribution in [3.63, 3.8) is 0 Å². The van der Waals surface area contributed by atoms with Crippen molar-refractivity contribution in [3.8, 4) is 0 Å². The highest BCUT2D eigenvalue weighted by Crippen LogP contribution is 2.37. The molecule has 1 aliphatic rings. The molecule has 1 fully saturated rings. The molecule has 1 N–H and O–H groups in total. The van der Waals surface area contributed by atoms with Crippen LogP contribution in [0.5, 0.6) is 0 Å². The summed E-state index contributed by atoms with van der Waals surface area (Å²) in [6.45, 7) is 8.25. The molecular weight excluding hydrogens is 293 g/mol. The summed E-state index contributed by atoms with van der Waals surface area (Å²) in [5, 5.41) is 7.61. The van der Waals surface area contributed by atoms with Crippen molar-refractivity contribution >= 4 is 0 Å². The van der Waals surface area contributed by atoms with E-state index < -0.39 is 0 Å². The summed E-state index contributed by atoms with van der Waals surface area (Å²) < 4.78 is 18.3. The number of halogens is 1. The van der Waals surface area contributed by atoms with Crippen molar-refractivity contribution in [2.24, 2.45) is 0 Å². The van der Waals surface area contributed by atoms with Gasteiger partial charge in [0.05, 0.1) is 6.04 Å². The molecule has 0 spiro atoms. The summed E-state index contributed by atoms with van der Waals surface area (Å²) in [4.78, 5) is 4.50. The van der Waals surface area contributed by atoms with Gasteiger partial charge in [-0.3, -0.25) is 0 Å². The van der Waals surface area contributed by atoms with Crippen molar-refractivity contribution in [2.45, 2.75) is 64.0 Å². The standard InChI is InChI=1S/C18H24FN3O/c1-11(16-21-17(22-23-16)18(2,3)4)20-15-9-13(10-15)12-5-7-14(19)8-6-12/h5-8,11,13,15,20H,9-10H2,1-4H3. The van der Waals surface area contributed by atoms with E-state index in [2.05, 4.69) is 36.2 Å². The molecule has 1 aromatic carbocycles. The third kappa shape index (κ3) is 3.61. The summed E-state index contributed by atoms with van der Waals surface area (Å²) in [5.74, 6) is 1.70. The van der Waals surface area contributed by atoms with Crippen LogP contribution in [-0.2, 0) is 5.41 Å². The predicted octanol–water partition coefficient (Wildman–Crippen LogP) is 4.10. The van der Waals surface area contributed by atoms with Gasteiger partial charge in [-0.05, 0) is 43.4 Å². The Bertz CT molecular complexity index is 654. The Hall–Kier alpha value is -1.75. The summed E-state index contributed by atoms with van der Waals surface area (Å²) >= 11 is 0. The van der Waals surface area contributed by atoms with Gasteiger partial charge in [-0.15, -0.1) is 0 Å². The van der Waals surface area contributed by atoms with Gasteiger partial charge >= 0.3 is 0 Å². The summed E-state index contributed by atoms with van der Waals surface area (Å²) in [6, 6.07) is 7.31. The minimum Gasteiger partial charge on any atom is -0.338 e. The molecule has 5 heteroatoms. The van der Waals surface area contributed by atoms with E-state index >= 15 is 0 Å². The molecule has 0 amide bonds. The fourth-order valence-electron chi connectivity index (χ4n) is 2.90. The molecule has 1 atom stereocenters. The first-order valence-corrected chi connectivity index (χ1v) is 8.18. The van der Waals surface area contributed by atoms with Crippen molar-refractivity contribution in [3.05, 3.63) is 47.4 Å². The fraction of sp³-hybridized carbons (Fsp3) is 0.556. The zero-order valence-corrected chi connectivity index (χ0v) is 14.1. The molecule has 124 valence electrons. The normalized spacial score (nSPS) is 22.7. The Kier molecular flexibility index (Phi) is 4.23. The van der Waals surface area contributed by atoms with Gasteiger partial charge < -0.3 is 9.84 Å². The van der Waals surface area contributed by atoms with E-state index in [9.17, 15) is 4.39 Å². The maximum atomic E-state index is 13.0. The zero-order valence-electron chi connectivity index (χ0n) is 14.1. The minimum atomic E-state index is -0.178. The van der Waals surface area contributed by atoms with Crippen LogP contribution in [0.25, 0.3) is 0 Å². The first-order chi connectivity index (χ1) is 10.8. The van der Waals surface area contributed by atoms with E-state index in [-0.39, 0.29) is 17.3 Å². The highest BCUT2D eigenvalue weighted by molar-refractivity contribution is 5.23. The van der Waals surface area contributed by atoms with Crippen molar-refractivity contribution in [2.75, 3.05) is 0 Å². The highest BCUT2D eigenvalue weighted by atomic mass is 19.1. The molecular formula is C18H24FN3O. The number of nitrogens with zero attached hydrogens (tertiary/aromatic N) is 2. The molecule has 1 unspecified atom stereocenters. The second-order valence-electron chi connectivity index (χ2n) is 7.51. The lowest BCUT2D eigenvalue weighted by atomic mass is 9.75. The van der Waals surface area contributed by atoms with E-state index in [1.54, 1.807) is 0 Å². The van der Waals surface area contributed by atoms with Crippen LogP contribution < -0.4 is 5.32 Å². The van der Waals surface area contributed by atoms with Gasteiger partial charge in [-0.25, -0.2) is 4.39 Å². The van der Waals surface area contributed by atoms with Crippen LogP contribution in [-0.4, -0.2) is 16.2 Å². The number of nitrogens with one attached hydrogen (secondary N) is 1. The largest absolute Gasteiger partial charge is 0.338 e. The zero-order chi connectivity index (χ0) is 16.6. The number of benzene rings is 1. The van der Waals surface area contributed by atoms with Crippen LogP contribution in [0, 0.1) is 5.82 Å². The summed E-state index contributed by atoms with van der Waals surface area (Å²) in [6.07, 6.45) is 2.10. The average molecular weight is 317 g/mol. The van der Waals surface area contributed by atoms with Crippen LogP contribution in [0.15, 0.2) is 28.8 Å². The first-order valence-electron chi connectivity index (χ1n) is 8.18. The molecule has 0 bridgehead atoms. The quantitative estimate of drug-likeness (QED) is 0.922. The van der Waals surface area contributed by atoms with Crippen LogP contribution in [0.2, 0.25) is 0 Å². The number of aromatic nitrogens is 2. The van der Waals surface area contributed by atoms with Crippen LogP contribution in [0.3, 0.4) is 0 Å². The van der Waals surface area contributed by atoms with Gasteiger partial charge in [0.2, 0.25) is 5.89 Å². The third-order valence-corrected chi connectivity index (χ3v) is 4.45. The molecule has 0 radical (unpaired) electrons. The molecule has 0 aliphatic heterocycles. The van der Waals surface area contributed by atoms with E-state index in [0.29, 0.717) is 17.9 Å². The highest BCUT2D eigenvalue weighted by Gasteiger charge is 2.32. The van der Waals surface area contributed by atoms with Crippen LogP contribution in [0.4, 0.5) is 4.39 Å². The summed E-state index contributed by atoms with van der Waals surface area (Å²) in [5.41, 5.74) is 1.11. The lowest BCUT2D eigenvalue weighted by Crippen LogP contribution is -2.41. The van der Waals surface area contributed by atoms with Crippen molar-refractivity contribution in [1.29, 1.82) is 0 Å². The van der Waals surface area contributed by atoms with E-state index in [4.69, 9.17) is 4.52 Å². The van der Waals surface area contributed by atoms with Gasteiger partial charge in [0.15, 0.2) is 5.82 Å². The van der Waals surface area contributed by atoms with Crippen LogP contribution >= 0.6 is 0 Å². The monoisotopic (exact) mass is 317 g/mol. The summed E-state index contributed by atoms with van der Waals surface area (Å²) in [7, 11) is 0. The number of hydrogen-bond acceptors (Lipinski definition) is 4. The molecule has 1 heterocycles. The maximum Gasteiger partial charge on any atom is 0.243 e. The van der Waals surface area contributed by atoms with Crippen LogP contribution in [0.1, 0.15) is 69.8 Å². The maximum absolute atomic E-state index is 13.0. The lowest BCUT2D eigenvalue weighted by molar-refractivity contribution is 0.245. The molecule has 23 heavy (non-hydrogen) atoms. The molecule has 2 aromatic rings.